The Morgan fingerprint density at radius 1 is 1.04 bits per heavy atom. The van der Waals surface area contributed by atoms with Gasteiger partial charge in [-0.05, 0) is 73.9 Å². The summed E-state index contributed by atoms with van der Waals surface area (Å²) in [5, 5.41) is 7.20. The van der Waals surface area contributed by atoms with E-state index < -0.39 is 8.07 Å². The second-order valence-corrected chi connectivity index (χ2v) is 19.4. The fourth-order valence-corrected chi connectivity index (χ4v) is 12.6. The number of rotatable bonds is 10. The number of carbonyl (C=O) groups excluding carboxylic acids is 1. The molecule has 1 spiro atoms. The number of anilines is 3. The van der Waals surface area contributed by atoms with Crippen molar-refractivity contribution < 1.29 is 9.53 Å². The van der Waals surface area contributed by atoms with Crippen molar-refractivity contribution in [2.45, 2.75) is 89.4 Å². The predicted octanol–water partition coefficient (Wildman–Crippen LogP) is 7.12. The Bertz CT molecular complexity index is 1550. The molecular formula is C35H49N7O2Si. The molecular weight excluding hydrogens is 579 g/mol. The van der Waals surface area contributed by atoms with Gasteiger partial charge in [-0.1, -0.05) is 60.3 Å². The molecule has 9 nitrogen and oxygen atoms in total. The van der Waals surface area contributed by atoms with Gasteiger partial charge in [0.05, 0.1) is 10.9 Å². The second kappa shape index (κ2) is 13.4. The number of nitrogens with one attached hydrogen (secondary N) is 2. The Morgan fingerprint density at radius 2 is 1.71 bits per heavy atom. The first-order valence-electron chi connectivity index (χ1n) is 16.4. The van der Waals surface area contributed by atoms with Crippen LogP contribution in [0.1, 0.15) is 72.8 Å². The highest BCUT2D eigenvalue weighted by Gasteiger charge is 2.48. The number of carbonyl (C=O) groups is 1. The van der Waals surface area contributed by atoms with E-state index in [4.69, 9.17) is 14.7 Å². The largest absolute Gasteiger partial charge is 0.492 e. The van der Waals surface area contributed by atoms with Crippen LogP contribution in [0, 0.1) is 11.5 Å². The lowest BCUT2D eigenvalue weighted by molar-refractivity contribution is 0.250. The molecule has 2 amide bonds. The quantitative estimate of drug-likeness (QED) is 0.183. The average molecular weight is 628 g/mol. The highest BCUT2D eigenvalue weighted by Crippen LogP contribution is 2.42. The van der Waals surface area contributed by atoms with Crippen LogP contribution in [0.5, 0.6) is 5.75 Å². The first-order valence-corrected chi connectivity index (χ1v) is 18.6. The van der Waals surface area contributed by atoms with Gasteiger partial charge in [0, 0.05) is 30.5 Å². The van der Waals surface area contributed by atoms with E-state index in [1.165, 1.54) is 0 Å². The molecule has 2 aliphatic rings. The maximum atomic E-state index is 13.3. The Kier molecular flexibility index (Phi) is 9.70. The van der Waals surface area contributed by atoms with Crippen LogP contribution in [0.3, 0.4) is 0 Å². The van der Waals surface area contributed by atoms with Crippen LogP contribution >= 0.6 is 0 Å². The average Bonchev–Trinajstić information content (AvgIpc) is 3.59. The predicted molar refractivity (Wildman–Crippen MR) is 186 cm³/mol. The Hall–Kier alpha value is -3.68. The minimum Gasteiger partial charge on any atom is -0.492 e. The van der Waals surface area contributed by atoms with E-state index in [0.29, 0.717) is 47.2 Å². The molecule has 3 heterocycles. The minimum absolute atomic E-state index is 0.0989. The molecule has 0 unspecified atom stereocenters. The number of ether oxygens (including phenoxy) is 1. The molecule has 45 heavy (non-hydrogen) atoms. The lowest BCUT2D eigenvalue weighted by Crippen LogP contribution is -2.45. The molecule has 2 fully saturated rings. The summed E-state index contributed by atoms with van der Waals surface area (Å²) in [6, 6.07) is 9.66. The Morgan fingerprint density at radius 3 is 2.33 bits per heavy atom. The molecule has 0 bridgehead atoms. The molecule has 1 aliphatic carbocycles. The number of likely N-dealkylation sites (N-methyl/N-ethyl adjacent to an activating group) is 1. The highest BCUT2D eigenvalue weighted by molar-refractivity contribution is 6.90. The first-order chi connectivity index (χ1) is 21.4. The van der Waals surface area contributed by atoms with Crippen molar-refractivity contribution in [3.8, 4) is 17.2 Å². The molecule has 0 radical (unpaired) electrons. The summed E-state index contributed by atoms with van der Waals surface area (Å²) in [6.07, 6.45) is 5.94. The lowest BCUT2D eigenvalue weighted by Gasteiger charge is -2.38. The summed E-state index contributed by atoms with van der Waals surface area (Å²) in [5.41, 5.74) is 7.31. The van der Waals surface area contributed by atoms with Crippen molar-refractivity contribution >= 4 is 42.6 Å². The molecule has 3 aromatic rings. The molecule has 240 valence electrons. The normalized spacial score (nSPS) is 16.3. The zero-order valence-corrected chi connectivity index (χ0v) is 29.2. The third-order valence-corrected chi connectivity index (χ3v) is 16.0. The Labute approximate surface area is 269 Å². The zero-order valence-electron chi connectivity index (χ0n) is 28.2. The molecule has 2 N–H and O–H groups in total. The van der Waals surface area contributed by atoms with Gasteiger partial charge in [0.25, 0.3) is 0 Å². The number of hydrogen-bond donors (Lipinski definition) is 2. The molecule has 0 atom stereocenters. The van der Waals surface area contributed by atoms with Gasteiger partial charge in [0.1, 0.15) is 26.2 Å². The maximum absolute atomic E-state index is 13.3. The van der Waals surface area contributed by atoms with Crippen molar-refractivity contribution in [1.82, 2.24) is 25.2 Å². The maximum Gasteiger partial charge on any atom is 0.323 e. The summed E-state index contributed by atoms with van der Waals surface area (Å²) in [6.45, 7) is 16.0. The number of hydrogen-bond acceptors (Lipinski definition) is 7. The van der Waals surface area contributed by atoms with E-state index in [2.05, 4.69) is 73.5 Å². The van der Waals surface area contributed by atoms with Gasteiger partial charge in [0.15, 0.2) is 5.65 Å². The number of urea groups is 1. The van der Waals surface area contributed by atoms with Crippen LogP contribution in [-0.4, -0.2) is 73.3 Å². The minimum atomic E-state index is -2.01. The summed E-state index contributed by atoms with van der Waals surface area (Å²) in [4.78, 5) is 31.8. The van der Waals surface area contributed by atoms with Crippen LogP contribution in [0.25, 0.3) is 11.0 Å². The van der Waals surface area contributed by atoms with E-state index in [1.807, 2.05) is 55.5 Å². The molecule has 1 aliphatic heterocycles. The van der Waals surface area contributed by atoms with Gasteiger partial charge in [-0.3, -0.25) is 4.90 Å². The third-order valence-electron chi connectivity index (χ3n) is 9.76. The van der Waals surface area contributed by atoms with Crippen LogP contribution in [0.15, 0.2) is 36.5 Å². The smallest absolute Gasteiger partial charge is 0.323 e. The summed E-state index contributed by atoms with van der Waals surface area (Å²) < 4.78 is 5.84. The summed E-state index contributed by atoms with van der Waals surface area (Å²) in [7, 11) is 2.04. The number of pyridine rings is 1. The van der Waals surface area contributed by atoms with E-state index in [9.17, 15) is 4.79 Å². The molecule has 5 rings (SSSR count). The van der Waals surface area contributed by atoms with Crippen LogP contribution < -0.4 is 20.3 Å². The number of amides is 2. The van der Waals surface area contributed by atoms with Crippen molar-refractivity contribution in [2.24, 2.45) is 0 Å². The van der Waals surface area contributed by atoms with Crippen LogP contribution in [0.2, 0.25) is 16.6 Å². The fourth-order valence-electron chi connectivity index (χ4n) is 7.39. The Balaban J connectivity index is 1.55. The van der Waals surface area contributed by atoms with Crippen LogP contribution in [0.4, 0.5) is 22.2 Å². The van der Waals surface area contributed by atoms with Gasteiger partial charge >= 0.3 is 6.03 Å². The van der Waals surface area contributed by atoms with Crippen molar-refractivity contribution in [3.05, 3.63) is 42.1 Å². The van der Waals surface area contributed by atoms with Crippen LogP contribution in [-0.2, 0) is 0 Å². The van der Waals surface area contributed by atoms with Gasteiger partial charge in [-0.15, -0.1) is 5.54 Å². The van der Waals surface area contributed by atoms with Gasteiger partial charge in [-0.2, -0.15) is 4.98 Å². The number of nitrogens with zero attached hydrogens (tertiary/aromatic N) is 5. The third kappa shape index (κ3) is 6.65. The van der Waals surface area contributed by atoms with Crippen molar-refractivity contribution in [2.75, 3.05) is 44.0 Å². The topological polar surface area (TPSA) is 95.5 Å². The molecule has 10 heteroatoms. The van der Waals surface area contributed by atoms with Gasteiger partial charge < -0.3 is 20.3 Å². The molecule has 1 saturated heterocycles. The SMILES string of the molecule is CC(C)[Si](C#Cc1cc(N2C(=O)NCC23CCCC3)nc2nc(Nc3ccc(OCCN(C)C)cc3)ncc12)(C(C)C)C(C)C. The molecule has 2 aromatic heterocycles. The fraction of sp³-hybridized carbons (Fsp3) is 0.543. The van der Waals surface area contributed by atoms with E-state index in [-0.39, 0.29) is 11.6 Å². The molecule has 1 aromatic carbocycles. The van der Waals surface area contributed by atoms with E-state index >= 15 is 0 Å². The second-order valence-electron chi connectivity index (χ2n) is 13.8. The van der Waals surface area contributed by atoms with E-state index in [0.717, 1.165) is 54.6 Å². The highest BCUT2D eigenvalue weighted by atomic mass is 28.3. The first kappa shape index (κ1) is 32.7. The number of fused-ring (bicyclic) bond motifs is 1. The standard InChI is InChI=1S/C35H49N7O2Si/c1-24(2)45(25(3)4,26(5)6)20-15-27-21-31(42-34(43)37-23-35(42)16-9-10-17-35)39-32-30(27)22-36-33(40-32)38-28-11-13-29(14-12-28)44-19-18-41(7)8/h11-14,21-22,24-26H,9-10,16-19,23H2,1-8H3,(H,37,43)(H,36,38,39,40). The van der Waals surface area contributed by atoms with Gasteiger partial charge in [-0.25, -0.2) is 14.8 Å². The summed E-state index contributed by atoms with van der Waals surface area (Å²) in [5.74, 6) is 5.48. The lowest BCUT2D eigenvalue weighted by atomic mass is 9.97. The number of aromatic nitrogens is 3. The summed E-state index contributed by atoms with van der Waals surface area (Å²) >= 11 is 0. The molecule has 1 saturated carbocycles. The van der Waals surface area contributed by atoms with E-state index in [1.54, 1.807) is 0 Å². The van der Waals surface area contributed by atoms with Gasteiger partial charge in [0.2, 0.25) is 5.95 Å². The van der Waals surface area contributed by atoms with Crippen molar-refractivity contribution in [1.29, 1.82) is 0 Å². The zero-order chi connectivity index (χ0) is 32.4. The van der Waals surface area contributed by atoms with Crippen molar-refractivity contribution in [3.63, 3.8) is 0 Å². The monoisotopic (exact) mass is 627 g/mol. The number of benzene rings is 1.